The Kier molecular flexibility index (Phi) is 3.41. The maximum atomic E-state index is 13.5. The zero-order valence-electron chi connectivity index (χ0n) is 11.5. The van der Waals surface area contributed by atoms with E-state index < -0.39 is 35.6 Å². The van der Waals surface area contributed by atoms with Crippen molar-refractivity contribution >= 4 is 17.6 Å². The largest absolute Gasteiger partial charge is 0.481 e. The summed E-state index contributed by atoms with van der Waals surface area (Å²) in [6.45, 7) is 1.63. The van der Waals surface area contributed by atoms with Crippen molar-refractivity contribution in [3.63, 3.8) is 0 Å². The van der Waals surface area contributed by atoms with Crippen LogP contribution in [-0.4, -0.2) is 29.2 Å². The molecule has 21 heavy (non-hydrogen) atoms. The van der Waals surface area contributed by atoms with E-state index in [4.69, 9.17) is 4.74 Å². The van der Waals surface area contributed by atoms with Crippen LogP contribution < -0.4 is 5.32 Å². The summed E-state index contributed by atoms with van der Waals surface area (Å²) in [6.07, 6.45) is 0.615. The summed E-state index contributed by atoms with van der Waals surface area (Å²) in [5.74, 6) is -3.38. The van der Waals surface area contributed by atoms with E-state index >= 15 is 0 Å². The van der Waals surface area contributed by atoms with E-state index in [0.717, 1.165) is 0 Å². The molecule has 2 fully saturated rings. The topological polar surface area (TPSA) is 75.6 Å². The number of rotatable bonds is 3. The van der Waals surface area contributed by atoms with E-state index in [1.807, 2.05) is 0 Å². The molecule has 2 saturated heterocycles. The molecule has 2 aliphatic heterocycles. The van der Waals surface area contributed by atoms with Crippen molar-refractivity contribution < 1.29 is 23.8 Å². The third-order valence-electron chi connectivity index (χ3n) is 4.30. The highest BCUT2D eigenvalue weighted by atomic mass is 19.1. The number of aliphatic carboxylic acids is 1. The number of nitrogens with one attached hydrogen (secondary N) is 1. The zero-order valence-corrected chi connectivity index (χ0v) is 11.5. The van der Waals surface area contributed by atoms with Crippen molar-refractivity contribution in [3.8, 4) is 0 Å². The average Bonchev–Trinajstić information content (AvgIpc) is 3.03. The number of amides is 1. The second-order valence-corrected chi connectivity index (χ2v) is 5.63. The van der Waals surface area contributed by atoms with Crippen molar-refractivity contribution in [2.75, 3.05) is 5.32 Å². The number of aryl methyl sites for hydroxylation is 1. The Morgan fingerprint density at radius 3 is 2.57 bits per heavy atom. The van der Waals surface area contributed by atoms with Crippen molar-refractivity contribution in [3.05, 3.63) is 29.6 Å². The van der Waals surface area contributed by atoms with Gasteiger partial charge in [-0.2, -0.15) is 0 Å². The molecular formula is C15H16FNO4. The summed E-state index contributed by atoms with van der Waals surface area (Å²) < 4.78 is 19.0. The number of carbonyl (C=O) groups is 2. The van der Waals surface area contributed by atoms with Gasteiger partial charge in [0, 0.05) is 5.69 Å². The zero-order chi connectivity index (χ0) is 15.1. The number of ether oxygens (including phenoxy) is 1. The molecule has 2 heterocycles. The predicted molar refractivity (Wildman–Crippen MR) is 72.3 cm³/mol. The number of fused-ring (bicyclic) bond motifs is 2. The van der Waals surface area contributed by atoms with Crippen molar-refractivity contribution in [2.45, 2.75) is 32.0 Å². The molecule has 2 aliphatic rings. The number of anilines is 1. The molecule has 2 N–H and O–H groups in total. The first kappa shape index (κ1) is 14.0. The summed E-state index contributed by atoms with van der Waals surface area (Å²) >= 11 is 0. The molecule has 6 heteroatoms. The van der Waals surface area contributed by atoms with Crippen molar-refractivity contribution in [1.82, 2.24) is 0 Å². The lowest BCUT2D eigenvalue weighted by atomic mass is 9.78. The number of halogens is 1. The predicted octanol–water partition coefficient (Wildman–Crippen LogP) is 1.95. The smallest absolute Gasteiger partial charge is 0.310 e. The van der Waals surface area contributed by atoms with Crippen molar-refractivity contribution in [1.29, 1.82) is 0 Å². The van der Waals surface area contributed by atoms with Gasteiger partial charge in [0.2, 0.25) is 5.91 Å². The number of carboxylic acid groups (broad SMARTS) is 1. The maximum absolute atomic E-state index is 13.5. The fourth-order valence-electron chi connectivity index (χ4n) is 3.22. The normalized spacial score (nSPS) is 30.4. The van der Waals surface area contributed by atoms with Crippen LogP contribution in [-0.2, 0) is 14.3 Å². The third kappa shape index (κ3) is 2.40. The minimum atomic E-state index is -1.02. The Balaban J connectivity index is 1.78. The molecule has 1 amide bonds. The van der Waals surface area contributed by atoms with Crippen LogP contribution in [0.25, 0.3) is 0 Å². The van der Waals surface area contributed by atoms with E-state index in [1.54, 1.807) is 19.1 Å². The number of carboxylic acids is 1. The van der Waals surface area contributed by atoms with Gasteiger partial charge in [0.15, 0.2) is 0 Å². The van der Waals surface area contributed by atoms with Crippen LogP contribution in [0.3, 0.4) is 0 Å². The van der Waals surface area contributed by atoms with Gasteiger partial charge >= 0.3 is 5.97 Å². The Morgan fingerprint density at radius 1 is 1.29 bits per heavy atom. The summed E-state index contributed by atoms with van der Waals surface area (Å²) in [5, 5.41) is 11.9. The first-order valence-electron chi connectivity index (χ1n) is 6.92. The van der Waals surface area contributed by atoms with Gasteiger partial charge < -0.3 is 15.2 Å². The van der Waals surface area contributed by atoms with E-state index in [2.05, 4.69) is 5.32 Å². The molecule has 1 aromatic carbocycles. The van der Waals surface area contributed by atoms with Crippen LogP contribution in [0.15, 0.2) is 18.2 Å². The van der Waals surface area contributed by atoms with Gasteiger partial charge in [0.25, 0.3) is 0 Å². The fraction of sp³-hybridized carbons (Fsp3) is 0.467. The molecule has 1 aromatic rings. The fourth-order valence-corrected chi connectivity index (χ4v) is 3.22. The van der Waals surface area contributed by atoms with Gasteiger partial charge in [0.1, 0.15) is 5.82 Å². The van der Waals surface area contributed by atoms with Crippen LogP contribution in [0.2, 0.25) is 0 Å². The van der Waals surface area contributed by atoms with Crippen molar-refractivity contribution in [2.24, 2.45) is 11.8 Å². The van der Waals surface area contributed by atoms with E-state index in [-0.39, 0.29) is 6.10 Å². The summed E-state index contributed by atoms with van der Waals surface area (Å²) in [5.41, 5.74) is 0.815. The highest BCUT2D eigenvalue weighted by Crippen LogP contribution is 2.44. The van der Waals surface area contributed by atoms with E-state index in [1.165, 1.54) is 6.07 Å². The summed E-state index contributed by atoms with van der Waals surface area (Å²) in [6, 6.07) is 4.40. The quantitative estimate of drug-likeness (QED) is 0.893. The maximum Gasteiger partial charge on any atom is 0.310 e. The molecule has 0 radical (unpaired) electrons. The highest BCUT2D eigenvalue weighted by molar-refractivity contribution is 5.96. The standard InChI is InChI=1S/C15H16FNO4/c1-7-2-3-8(6-9(7)16)17-14(18)12-10-4-5-11(21-10)13(12)15(19)20/h2-3,6,10-13H,4-5H2,1H3,(H,17,18)(H,19,20)/t10-,11-,12-,13+/m1/s1. The van der Waals surface area contributed by atoms with Crippen LogP contribution in [0.1, 0.15) is 18.4 Å². The van der Waals surface area contributed by atoms with Gasteiger partial charge in [-0.3, -0.25) is 9.59 Å². The monoisotopic (exact) mass is 293 g/mol. The molecular weight excluding hydrogens is 277 g/mol. The molecule has 0 aliphatic carbocycles. The molecule has 0 aromatic heterocycles. The van der Waals surface area contributed by atoms with Gasteiger partial charge in [0.05, 0.1) is 24.0 Å². The van der Waals surface area contributed by atoms with E-state index in [0.29, 0.717) is 24.1 Å². The first-order valence-corrected chi connectivity index (χ1v) is 6.92. The lowest BCUT2D eigenvalue weighted by Crippen LogP contribution is -2.40. The lowest BCUT2D eigenvalue weighted by molar-refractivity contribution is -0.147. The summed E-state index contributed by atoms with van der Waals surface area (Å²) in [4.78, 5) is 23.7. The molecule has 4 atom stereocenters. The molecule has 0 spiro atoms. The summed E-state index contributed by atoms with van der Waals surface area (Å²) in [7, 11) is 0. The lowest BCUT2D eigenvalue weighted by Gasteiger charge is -2.23. The van der Waals surface area contributed by atoms with Gasteiger partial charge in [-0.1, -0.05) is 6.07 Å². The van der Waals surface area contributed by atoms with Gasteiger partial charge in [-0.05, 0) is 37.5 Å². The SMILES string of the molecule is Cc1ccc(NC(=O)[C@H]2[C@@H](C(=O)O)[C@H]3CC[C@H]2O3)cc1F. The van der Waals surface area contributed by atoms with Crippen LogP contribution in [0.4, 0.5) is 10.1 Å². The van der Waals surface area contributed by atoms with Crippen LogP contribution in [0, 0.1) is 24.6 Å². The molecule has 3 rings (SSSR count). The minimum absolute atomic E-state index is 0.329. The number of hydrogen-bond acceptors (Lipinski definition) is 3. The number of carbonyl (C=O) groups excluding carboxylic acids is 1. The van der Waals surface area contributed by atoms with E-state index in [9.17, 15) is 19.1 Å². The molecule has 2 bridgehead atoms. The molecule has 112 valence electrons. The van der Waals surface area contributed by atoms with Crippen LogP contribution in [0.5, 0.6) is 0 Å². The Labute approximate surface area is 121 Å². The molecule has 0 unspecified atom stereocenters. The minimum Gasteiger partial charge on any atom is -0.481 e. The second kappa shape index (κ2) is 5.11. The molecule has 0 saturated carbocycles. The third-order valence-corrected chi connectivity index (χ3v) is 4.30. The first-order chi connectivity index (χ1) is 9.97. The van der Waals surface area contributed by atoms with Gasteiger partial charge in [-0.15, -0.1) is 0 Å². The Hall–Kier alpha value is -1.95. The number of benzene rings is 1. The highest BCUT2D eigenvalue weighted by Gasteiger charge is 2.55. The Bertz CT molecular complexity index is 603. The number of hydrogen-bond donors (Lipinski definition) is 2. The second-order valence-electron chi connectivity index (χ2n) is 5.63. The van der Waals surface area contributed by atoms with Gasteiger partial charge in [-0.25, -0.2) is 4.39 Å². The van der Waals surface area contributed by atoms with Crippen LogP contribution >= 0.6 is 0 Å². The average molecular weight is 293 g/mol. The Morgan fingerprint density at radius 2 is 1.95 bits per heavy atom. The molecule has 5 nitrogen and oxygen atoms in total.